The largest absolute Gasteiger partial charge is 0.335 e. The van der Waals surface area contributed by atoms with E-state index in [1.807, 2.05) is 13.8 Å². The van der Waals surface area contributed by atoms with E-state index >= 15 is 0 Å². The number of aromatic amines is 1. The summed E-state index contributed by atoms with van der Waals surface area (Å²) in [7, 11) is 0. The van der Waals surface area contributed by atoms with Gasteiger partial charge in [-0.15, -0.1) is 10.2 Å². The second kappa shape index (κ2) is 4.54. The van der Waals surface area contributed by atoms with Crippen molar-refractivity contribution < 1.29 is 4.79 Å². The number of hydrogen-bond donors (Lipinski definition) is 1. The maximum Gasteiger partial charge on any atom is 0.222 e. The van der Waals surface area contributed by atoms with Crippen LogP contribution in [-0.4, -0.2) is 38.0 Å². The summed E-state index contributed by atoms with van der Waals surface area (Å²) >= 11 is 0. The monoisotopic (exact) mass is 183 g/mol. The lowest BCUT2D eigenvalue weighted by Gasteiger charge is -2.17. The number of H-pyrrole nitrogens is 1. The van der Waals surface area contributed by atoms with E-state index in [1.165, 1.54) is 0 Å². The Bertz CT molecular complexity index is 258. The van der Waals surface area contributed by atoms with Gasteiger partial charge in [0.25, 0.3) is 0 Å². The molecule has 0 saturated heterocycles. The molecule has 0 fully saturated rings. The van der Waals surface area contributed by atoms with Crippen LogP contribution in [0.1, 0.15) is 26.1 Å². The molecule has 0 bridgehead atoms. The number of nitrogens with zero attached hydrogens (tertiary/aromatic N) is 4. The molecule has 6 nitrogen and oxygen atoms in total. The molecule has 1 rings (SSSR count). The minimum absolute atomic E-state index is 0.104. The minimum atomic E-state index is 0.104. The van der Waals surface area contributed by atoms with Crippen molar-refractivity contribution in [3.05, 3.63) is 5.82 Å². The van der Waals surface area contributed by atoms with E-state index < -0.39 is 0 Å². The summed E-state index contributed by atoms with van der Waals surface area (Å²) in [5.41, 5.74) is 0. The summed E-state index contributed by atoms with van der Waals surface area (Å²) in [6, 6.07) is 0. The number of carbonyl (C=O) groups excluding carboxylic acids is 1. The normalized spacial score (nSPS) is 10.0. The molecule has 1 N–H and O–H groups in total. The Morgan fingerprint density at radius 3 is 2.77 bits per heavy atom. The number of hydrogen-bond acceptors (Lipinski definition) is 4. The fourth-order valence-electron chi connectivity index (χ4n) is 1.02. The van der Waals surface area contributed by atoms with Gasteiger partial charge in [-0.05, 0) is 6.92 Å². The van der Waals surface area contributed by atoms with Gasteiger partial charge in [0.1, 0.15) is 0 Å². The molecule has 0 unspecified atom stereocenters. The third-order valence-corrected chi connectivity index (χ3v) is 1.76. The highest BCUT2D eigenvalue weighted by atomic mass is 16.2. The molecule has 0 spiro atoms. The van der Waals surface area contributed by atoms with Gasteiger partial charge in [0.15, 0.2) is 5.82 Å². The molecule has 0 aromatic carbocycles. The molecule has 0 aliphatic carbocycles. The fourth-order valence-corrected chi connectivity index (χ4v) is 1.02. The van der Waals surface area contributed by atoms with Gasteiger partial charge in [-0.2, -0.15) is 5.21 Å². The first-order chi connectivity index (χ1) is 6.27. The van der Waals surface area contributed by atoms with Gasteiger partial charge in [0.05, 0.1) is 6.54 Å². The van der Waals surface area contributed by atoms with Crippen LogP contribution in [0.3, 0.4) is 0 Å². The first-order valence-corrected chi connectivity index (χ1v) is 4.28. The van der Waals surface area contributed by atoms with Crippen molar-refractivity contribution in [3.63, 3.8) is 0 Å². The van der Waals surface area contributed by atoms with Crippen LogP contribution in [0.15, 0.2) is 0 Å². The molecular weight excluding hydrogens is 170 g/mol. The van der Waals surface area contributed by atoms with Gasteiger partial charge in [-0.1, -0.05) is 12.1 Å². The van der Waals surface area contributed by atoms with Crippen molar-refractivity contribution in [1.29, 1.82) is 0 Å². The lowest BCUT2D eigenvalue weighted by molar-refractivity contribution is -0.131. The number of nitrogens with one attached hydrogen (secondary N) is 1. The second-order valence-electron chi connectivity index (χ2n) is 2.59. The number of carbonyl (C=O) groups is 1. The van der Waals surface area contributed by atoms with E-state index in [1.54, 1.807) is 4.90 Å². The quantitative estimate of drug-likeness (QED) is 0.710. The van der Waals surface area contributed by atoms with Crippen LogP contribution in [0.25, 0.3) is 0 Å². The lowest BCUT2D eigenvalue weighted by atomic mass is 10.3. The highest BCUT2D eigenvalue weighted by Crippen LogP contribution is 1.98. The summed E-state index contributed by atoms with van der Waals surface area (Å²) in [6.07, 6.45) is 0.506. The van der Waals surface area contributed by atoms with Crippen LogP contribution >= 0.6 is 0 Å². The molecule has 1 aromatic heterocycles. The van der Waals surface area contributed by atoms with E-state index in [0.717, 1.165) is 0 Å². The third kappa shape index (κ3) is 2.50. The zero-order valence-electron chi connectivity index (χ0n) is 7.82. The SMILES string of the molecule is CCC(=O)N(CC)Cc1nn[nH]n1. The Kier molecular flexibility index (Phi) is 3.36. The third-order valence-electron chi connectivity index (χ3n) is 1.76. The molecule has 13 heavy (non-hydrogen) atoms. The zero-order valence-corrected chi connectivity index (χ0v) is 7.82. The smallest absolute Gasteiger partial charge is 0.222 e. The maximum atomic E-state index is 11.3. The fraction of sp³-hybridized carbons (Fsp3) is 0.714. The van der Waals surface area contributed by atoms with Crippen LogP contribution in [-0.2, 0) is 11.3 Å². The van der Waals surface area contributed by atoms with Crippen molar-refractivity contribution in [1.82, 2.24) is 25.5 Å². The van der Waals surface area contributed by atoms with Gasteiger partial charge in [-0.3, -0.25) is 4.79 Å². The average molecular weight is 183 g/mol. The highest BCUT2D eigenvalue weighted by molar-refractivity contribution is 5.75. The lowest BCUT2D eigenvalue weighted by Crippen LogP contribution is -2.29. The van der Waals surface area contributed by atoms with Crippen molar-refractivity contribution in [2.75, 3.05) is 6.54 Å². The van der Waals surface area contributed by atoms with E-state index in [2.05, 4.69) is 20.6 Å². The van der Waals surface area contributed by atoms with E-state index in [-0.39, 0.29) is 5.91 Å². The molecule has 1 amide bonds. The van der Waals surface area contributed by atoms with Gasteiger partial charge in [-0.25, -0.2) is 0 Å². The summed E-state index contributed by atoms with van der Waals surface area (Å²) < 4.78 is 0. The molecular formula is C7H13N5O. The predicted molar refractivity (Wildman–Crippen MR) is 45.6 cm³/mol. The summed E-state index contributed by atoms with van der Waals surface area (Å²) in [4.78, 5) is 13.0. The first-order valence-electron chi connectivity index (χ1n) is 4.28. The molecule has 1 aromatic rings. The Morgan fingerprint density at radius 1 is 1.54 bits per heavy atom. The van der Waals surface area contributed by atoms with Crippen molar-refractivity contribution in [3.8, 4) is 0 Å². The predicted octanol–water partition coefficient (Wildman–Crippen LogP) is -0.0418. The van der Waals surface area contributed by atoms with Gasteiger partial charge in [0, 0.05) is 13.0 Å². The van der Waals surface area contributed by atoms with E-state index in [0.29, 0.717) is 25.3 Å². The van der Waals surface area contributed by atoms with Crippen LogP contribution in [0, 0.1) is 0 Å². The number of tetrazole rings is 1. The van der Waals surface area contributed by atoms with Crippen LogP contribution in [0.2, 0.25) is 0 Å². The zero-order chi connectivity index (χ0) is 9.68. The Hall–Kier alpha value is -1.46. The molecule has 1 heterocycles. The Balaban J connectivity index is 2.54. The molecule has 0 atom stereocenters. The summed E-state index contributed by atoms with van der Waals surface area (Å²) in [5.74, 6) is 0.649. The topological polar surface area (TPSA) is 74.8 Å². The highest BCUT2D eigenvalue weighted by Gasteiger charge is 2.11. The molecule has 0 aliphatic rings. The van der Waals surface area contributed by atoms with Crippen LogP contribution < -0.4 is 0 Å². The van der Waals surface area contributed by atoms with Gasteiger partial charge in [0.2, 0.25) is 5.91 Å². The summed E-state index contributed by atoms with van der Waals surface area (Å²) in [5, 5.41) is 13.3. The van der Waals surface area contributed by atoms with Crippen molar-refractivity contribution >= 4 is 5.91 Å². The molecule has 72 valence electrons. The molecule has 0 radical (unpaired) electrons. The summed E-state index contributed by atoms with van der Waals surface area (Å²) in [6.45, 7) is 4.86. The number of amides is 1. The minimum Gasteiger partial charge on any atom is -0.335 e. The standard InChI is InChI=1S/C7H13N5O/c1-3-7(13)12(4-2)5-6-8-10-11-9-6/h3-5H2,1-2H3,(H,8,9,10,11). The second-order valence-corrected chi connectivity index (χ2v) is 2.59. The number of aromatic nitrogens is 4. The van der Waals surface area contributed by atoms with Crippen molar-refractivity contribution in [2.24, 2.45) is 0 Å². The van der Waals surface area contributed by atoms with Crippen molar-refractivity contribution in [2.45, 2.75) is 26.8 Å². The van der Waals surface area contributed by atoms with E-state index in [9.17, 15) is 4.79 Å². The molecule has 0 saturated carbocycles. The maximum absolute atomic E-state index is 11.3. The average Bonchev–Trinajstić information content (AvgIpc) is 2.65. The Labute approximate surface area is 76.3 Å². The first kappa shape index (κ1) is 9.63. The molecule has 6 heteroatoms. The van der Waals surface area contributed by atoms with E-state index in [4.69, 9.17) is 0 Å². The van der Waals surface area contributed by atoms with Crippen LogP contribution in [0.4, 0.5) is 0 Å². The van der Waals surface area contributed by atoms with Gasteiger partial charge < -0.3 is 4.90 Å². The molecule has 0 aliphatic heterocycles. The van der Waals surface area contributed by atoms with Crippen LogP contribution in [0.5, 0.6) is 0 Å². The van der Waals surface area contributed by atoms with Gasteiger partial charge >= 0.3 is 0 Å². The number of rotatable bonds is 4. The Morgan fingerprint density at radius 2 is 2.31 bits per heavy atom.